The molecule has 0 amide bonds. The van der Waals surface area contributed by atoms with Gasteiger partial charge in [0.25, 0.3) is 0 Å². The van der Waals surface area contributed by atoms with Gasteiger partial charge < -0.3 is 4.42 Å². The van der Waals surface area contributed by atoms with Crippen LogP contribution >= 0.6 is 0 Å². The lowest BCUT2D eigenvalue weighted by Gasteiger charge is -2.12. The van der Waals surface area contributed by atoms with Crippen LogP contribution in [0.2, 0.25) is 0 Å². The minimum Gasteiger partial charge on any atom is -0.456 e. The quantitative estimate of drug-likeness (QED) is 0.197. The predicted molar refractivity (Wildman–Crippen MR) is 192 cm³/mol. The highest BCUT2D eigenvalue weighted by molar-refractivity contribution is 6.23. The third-order valence-corrected chi connectivity index (χ3v) is 8.73. The summed E-state index contributed by atoms with van der Waals surface area (Å²) >= 11 is 0. The van der Waals surface area contributed by atoms with Crippen molar-refractivity contribution in [2.45, 2.75) is 0 Å². The maximum absolute atomic E-state index is 6.60. The summed E-state index contributed by atoms with van der Waals surface area (Å²) < 4.78 is 6.60. The van der Waals surface area contributed by atoms with Crippen molar-refractivity contribution < 1.29 is 4.42 Å². The van der Waals surface area contributed by atoms with Gasteiger partial charge in [0.05, 0.1) is 0 Å². The van der Waals surface area contributed by atoms with E-state index in [0.717, 1.165) is 66.1 Å². The molecule has 0 bridgehead atoms. The number of hydrogen-bond acceptors (Lipinski definition) is 4. The van der Waals surface area contributed by atoms with Crippen LogP contribution < -0.4 is 0 Å². The summed E-state index contributed by atoms with van der Waals surface area (Å²) in [4.78, 5) is 15.4. The molecule has 4 nitrogen and oxygen atoms in total. The molecule has 7 aromatic carbocycles. The summed E-state index contributed by atoms with van der Waals surface area (Å²) in [5.74, 6) is 1.83. The average Bonchev–Trinajstić information content (AvgIpc) is 3.55. The normalized spacial score (nSPS) is 11.4. The number of nitrogens with zero attached hydrogens (tertiary/aromatic N) is 3. The standard InChI is InChI=1S/C43H27N3O/c1-4-12-28(13-5-1)30-20-22-33(23-21-30)42-44-41(32-17-8-3-9-18-32)45-43(46-42)36-26-34(29-14-6-2-7-15-29)27-38-40(36)39-35-19-11-10-16-31(35)24-25-37(39)47-38/h1-27H. The summed E-state index contributed by atoms with van der Waals surface area (Å²) in [7, 11) is 0. The van der Waals surface area contributed by atoms with Gasteiger partial charge in [0, 0.05) is 27.5 Å². The molecule has 0 saturated heterocycles. The maximum Gasteiger partial charge on any atom is 0.164 e. The fourth-order valence-electron chi connectivity index (χ4n) is 6.42. The highest BCUT2D eigenvalue weighted by Crippen LogP contribution is 2.42. The van der Waals surface area contributed by atoms with Crippen LogP contribution in [0.3, 0.4) is 0 Å². The van der Waals surface area contributed by atoms with E-state index in [1.165, 1.54) is 5.56 Å². The first kappa shape index (κ1) is 27.0. The molecule has 4 heteroatoms. The van der Waals surface area contributed by atoms with Gasteiger partial charge in [-0.25, -0.2) is 15.0 Å². The molecular formula is C43H27N3O. The van der Waals surface area contributed by atoms with Gasteiger partial charge >= 0.3 is 0 Å². The highest BCUT2D eigenvalue weighted by Gasteiger charge is 2.21. The Kier molecular flexibility index (Phi) is 6.43. The van der Waals surface area contributed by atoms with Gasteiger partial charge in [-0.2, -0.15) is 0 Å². The molecule has 0 radical (unpaired) electrons. The summed E-state index contributed by atoms with van der Waals surface area (Å²) in [5.41, 5.74) is 8.81. The summed E-state index contributed by atoms with van der Waals surface area (Å²) in [5, 5.41) is 4.34. The molecule has 2 aromatic heterocycles. The predicted octanol–water partition coefficient (Wildman–Crippen LogP) is 11.3. The van der Waals surface area contributed by atoms with Crippen LogP contribution in [0, 0.1) is 0 Å². The molecule has 0 spiro atoms. The van der Waals surface area contributed by atoms with Crippen molar-refractivity contribution in [3.63, 3.8) is 0 Å². The number of hydrogen-bond donors (Lipinski definition) is 0. The van der Waals surface area contributed by atoms with E-state index in [-0.39, 0.29) is 0 Å². The van der Waals surface area contributed by atoms with Crippen molar-refractivity contribution in [2.75, 3.05) is 0 Å². The van der Waals surface area contributed by atoms with E-state index < -0.39 is 0 Å². The third-order valence-electron chi connectivity index (χ3n) is 8.73. The smallest absolute Gasteiger partial charge is 0.164 e. The Labute approximate surface area is 271 Å². The van der Waals surface area contributed by atoms with Gasteiger partial charge in [-0.15, -0.1) is 0 Å². The lowest BCUT2D eigenvalue weighted by Crippen LogP contribution is -2.00. The molecule has 0 aliphatic rings. The Morgan fingerprint density at radius 2 is 0.851 bits per heavy atom. The molecule has 9 aromatic rings. The summed E-state index contributed by atoms with van der Waals surface area (Å²) in [6.45, 7) is 0. The molecule has 0 aliphatic heterocycles. The zero-order valence-electron chi connectivity index (χ0n) is 25.3. The lowest BCUT2D eigenvalue weighted by molar-refractivity contribution is 0.669. The van der Waals surface area contributed by atoms with Crippen molar-refractivity contribution in [1.82, 2.24) is 15.0 Å². The van der Waals surface area contributed by atoms with Crippen molar-refractivity contribution in [3.8, 4) is 56.4 Å². The SMILES string of the molecule is c1ccc(-c2ccc(-c3nc(-c4ccccc4)nc(-c4cc(-c5ccccc5)cc5oc6ccc7ccccc7c6c45)n3)cc2)cc1. The molecule has 0 fully saturated rings. The van der Waals surface area contributed by atoms with Crippen LogP contribution in [0.25, 0.3) is 89.1 Å². The van der Waals surface area contributed by atoms with Crippen LogP contribution in [0.1, 0.15) is 0 Å². The zero-order chi connectivity index (χ0) is 31.2. The second-order valence-corrected chi connectivity index (χ2v) is 11.6. The second kappa shape index (κ2) is 11.2. The molecule has 0 saturated carbocycles. The Bertz CT molecular complexity index is 2540. The highest BCUT2D eigenvalue weighted by atomic mass is 16.3. The van der Waals surface area contributed by atoms with Gasteiger partial charge in [0.2, 0.25) is 0 Å². The number of aromatic nitrogens is 3. The van der Waals surface area contributed by atoms with E-state index in [9.17, 15) is 0 Å². The first-order valence-electron chi connectivity index (χ1n) is 15.7. The Balaban J connectivity index is 1.33. The van der Waals surface area contributed by atoms with E-state index in [0.29, 0.717) is 17.5 Å². The van der Waals surface area contributed by atoms with E-state index >= 15 is 0 Å². The lowest BCUT2D eigenvalue weighted by atomic mass is 9.96. The van der Waals surface area contributed by atoms with Gasteiger partial charge in [-0.05, 0) is 51.2 Å². The molecule has 220 valence electrons. The number of benzene rings is 7. The third kappa shape index (κ3) is 4.84. The molecule has 0 aliphatic carbocycles. The molecular weight excluding hydrogens is 574 g/mol. The Hall–Kier alpha value is -6.39. The molecule has 0 atom stereocenters. The number of furan rings is 1. The van der Waals surface area contributed by atoms with Gasteiger partial charge in [0.15, 0.2) is 17.5 Å². The molecule has 0 N–H and O–H groups in total. The van der Waals surface area contributed by atoms with Crippen molar-refractivity contribution in [1.29, 1.82) is 0 Å². The van der Waals surface area contributed by atoms with Crippen LogP contribution in [-0.2, 0) is 0 Å². The minimum absolute atomic E-state index is 0.597. The van der Waals surface area contributed by atoms with E-state index in [4.69, 9.17) is 19.4 Å². The molecule has 2 heterocycles. The fourth-order valence-corrected chi connectivity index (χ4v) is 6.42. The maximum atomic E-state index is 6.60. The minimum atomic E-state index is 0.597. The Morgan fingerprint density at radius 1 is 0.340 bits per heavy atom. The van der Waals surface area contributed by atoms with E-state index in [1.54, 1.807) is 0 Å². The number of rotatable bonds is 5. The van der Waals surface area contributed by atoms with Crippen LogP contribution in [-0.4, -0.2) is 15.0 Å². The molecule has 47 heavy (non-hydrogen) atoms. The first-order chi connectivity index (χ1) is 23.3. The average molecular weight is 602 g/mol. The van der Waals surface area contributed by atoms with Gasteiger partial charge in [-0.1, -0.05) is 146 Å². The zero-order valence-corrected chi connectivity index (χ0v) is 25.3. The van der Waals surface area contributed by atoms with Gasteiger partial charge in [0.1, 0.15) is 11.2 Å². The molecule has 9 rings (SSSR count). The molecule has 0 unspecified atom stereocenters. The van der Waals surface area contributed by atoms with Crippen LogP contribution in [0.4, 0.5) is 0 Å². The van der Waals surface area contributed by atoms with E-state index in [1.807, 2.05) is 42.5 Å². The first-order valence-corrected chi connectivity index (χ1v) is 15.7. The summed E-state index contributed by atoms with van der Waals surface area (Å²) in [6.07, 6.45) is 0. The Morgan fingerprint density at radius 3 is 1.53 bits per heavy atom. The van der Waals surface area contributed by atoms with Crippen LogP contribution in [0.15, 0.2) is 168 Å². The van der Waals surface area contributed by atoms with Crippen LogP contribution in [0.5, 0.6) is 0 Å². The number of fused-ring (bicyclic) bond motifs is 5. The fraction of sp³-hybridized carbons (Fsp3) is 0. The second-order valence-electron chi connectivity index (χ2n) is 11.6. The van der Waals surface area contributed by atoms with Gasteiger partial charge in [-0.3, -0.25) is 0 Å². The summed E-state index contributed by atoms with van der Waals surface area (Å²) in [6, 6.07) is 56.2. The topological polar surface area (TPSA) is 51.8 Å². The van der Waals surface area contributed by atoms with Crippen molar-refractivity contribution >= 4 is 32.7 Å². The monoisotopic (exact) mass is 601 g/mol. The van der Waals surface area contributed by atoms with E-state index in [2.05, 4.69) is 121 Å². The van der Waals surface area contributed by atoms with Crippen molar-refractivity contribution in [2.24, 2.45) is 0 Å². The largest absolute Gasteiger partial charge is 0.456 e. The van der Waals surface area contributed by atoms with Crippen molar-refractivity contribution in [3.05, 3.63) is 164 Å².